The van der Waals surface area contributed by atoms with Crippen LogP contribution < -0.4 is 14.8 Å². The molecule has 1 aliphatic carbocycles. The zero-order valence-corrected chi connectivity index (χ0v) is 20.5. The lowest BCUT2D eigenvalue weighted by atomic mass is 9.68. The number of rotatable bonds is 10. The maximum absolute atomic E-state index is 11.3. The van der Waals surface area contributed by atoms with Gasteiger partial charge in [-0.15, -0.1) is 0 Å². The van der Waals surface area contributed by atoms with E-state index in [1.54, 1.807) is 0 Å². The van der Waals surface area contributed by atoms with Crippen molar-refractivity contribution >= 4 is 11.3 Å². The van der Waals surface area contributed by atoms with Crippen LogP contribution in [0.1, 0.15) is 43.7 Å². The van der Waals surface area contributed by atoms with Gasteiger partial charge in [-0.2, -0.15) is 0 Å². The summed E-state index contributed by atoms with van der Waals surface area (Å²) < 4.78 is 30.9. The Morgan fingerprint density at radius 2 is 1.68 bits per heavy atom. The van der Waals surface area contributed by atoms with Crippen LogP contribution in [0.15, 0.2) is 78.9 Å². The van der Waals surface area contributed by atoms with E-state index in [-0.39, 0.29) is 5.41 Å². The lowest BCUT2D eigenvalue weighted by molar-refractivity contribution is 0.244. The molecule has 1 unspecified atom stereocenters. The smallest absolute Gasteiger partial charge is 0.119 e. The van der Waals surface area contributed by atoms with E-state index >= 15 is 0 Å². The molecule has 0 aliphatic heterocycles. The molecule has 0 spiro atoms. The molecule has 3 aromatic carbocycles. The van der Waals surface area contributed by atoms with Crippen molar-refractivity contribution in [3.8, 4) is 16.9 Å². The van der Waals surface area contributed by atoms with Gasteiger partial charge in [-0.25, -0.2) is 4.72 Å². The minimum Gasteiger partial charge on any atom is -0.760 e. The van der Waals surface area contributed by atoms with Gasteiger partial charge in [0.1, 0.15) is 5.75 Å². The lowest BCUT2D eigenvalue weighted by Gasteiger charge is -2.41. The Morgan fingerprint density at radius 1 is 0.971 bits per heavy atom. The van der Waals surface area contributed by atoms with Gasteiger partial charge in [0.05, 0.1) is 6.61 Å². The second-order valence-electron chi connectivity index (χ2n) is 9.02. The molecule has 5 nitrogen and oxygen atoms in total. The van der Waals surface area contributed by atoms with Crippen LogP contribution in [0.5, 0.6) is 5.75 Å². The highest BCUT2D eigenvalue weighted by Crippen LogP contribution is 2.40. The number of ether oxygens (including phenoxy) is 1. The third kappa shape index (κ3) is 6.33. The Balaban J connectivity index is 1.37. The molecule has 4 rings (SSSR count). The van der Waals surface area contributed by atoms with Gasteiger partial charge in [-0.1, -0.05) is 66.7 Å². The minimum absolute atomic E-state index is 0.220. The van der Waals surface area contributed by atoms with Crippen molar-refractivity contribution in [1.82, 2.24) is 10.0 Å². The summed E-state index contributed by atoms with van der Waals surface area (Å²) in [5.74, 6) is 0.835. The third-order valence-electron chi connectivity index (χ3n) is 6.88. The van der Waals surface area contributed by atoms with Crippen molar-refractivity contribution in [1.29, 1.82) is 0 Å². The van der Waals surface area contributed by atoms with Crippen LogP contribution in [0, 0.1) is 0 Å². The van der Waals surface area contributed by atoms with Crippen molar-refractivity contribution in [2.75, 3.05) is 13.2 Å². The first kappa shape index (κ1) is 24.6. The molecule has 1 aliphatic rings. The van der Waals surface area contributed by atoms with Crippen LogP contribution in [-0.4, -0.2) is 28.0 Å². The predicted molar refractivity (Wildman–Crippen MR) is 137 cm³/mol. The Bertz CT molecular complexity index is 1060. The summed E-state index contributed by atoms with van der Waals surface area (Å²) in [5, 5.41) is 3.72. The Labute approximate surface area is 205 Å². The van der Waals surface area contributed by atoms with E-state index in [4.69, 9.17) is 4.74 Å². The molecule has 1 atom stereocenters. The highest BCUT2D eigenvalue weighted by molar-refractivity contribution is 7.77. The van der Waals surface area contributed by atoms with E-state index in [2.05, 4.69) is 70.7 Å². The van der Waals surface area contributed by atoms with Crippen molar-refractivity contribution in [3.63, 3.8) is 0 Å². The topological polar surface area (TPSA) is 73.4 Å². The molecule has 180 valence electrons. The number of nitrogens with one attached hydrogen (secondary N) is 2. The fourth-order valence-electron chi connectivity index (χ4n) is 4.93. The van der Waals surface area contributed by atoms with Crippen molar-refractivity contribution < 1.29 is 13.5 Å². The lowest BCUT2D eigenvalue weighted by Crippen LogP contribution is -2.45. The maximum atomic E-state index is 11.3. The molecule has 2 N–H and O–H groups in total. The quantitative estimate of drug-likeness (QED) is 0.398. The Kier molecular flexibility index (Phi) is 8.51. The van der Waals surface area contributed by atoms with Crippen molar-refractivity contribution in [2.45, 2.75) is 50.6 Å². The highest BCUT2D eigenvalue weighted by Gasteiger charge is 2.37. The molecular formula is C28H33N2O3S-. The summed E-state index contributed by atoms with van der Waals surface area (Å²) >= 11 is -2.28. The van der Waals surface area contributed by atoms with Gasteiger partial charge < -0.3 is 14.6 Å². The normalized spacial score (nSPS) is 21.2. The van der Waals surface area contributed by atoms with E-state index in [1.807, 2.05) is 25.1 Å². The van der Waals surface area contributed by atoms with Gasteiger partial charge in [0.15, 0.2) is 0 Å². The molecule has 0 amide bonds. The Morgan fingerprint density at radius 3 is 2.35 bits per heavy atom. The van der Waals surface area contributed by atoms with Crippen LogP contribution in [0.2, 0.25) is 0 Å². The van der Waals surface area contributed by atoms with E-state index in [0.29, 0.717) is 19.2 Å². The SMILES string of the molecule is CCOc1cccc(C2(CNS(=O)[O-])CCC(NCc3ccc(-c4ccccc4)cc3)CC2)c1. The van der Waals surface area contributed by atoms with Crippen LogP contribution >= 0.6 is 0 Å². The number of benzene rings is 3. The van der Waals surface area contributed by atoms with Crippen molar-refractivity contribution in [2.24, 2.45) is 0 Å². The molecular weight excluding hydrogens is 444 g/mol. The second kappa shape index (κ2) is 11.8. The van der Waals surface area contributed by atoms with Gasteiger partial charge in [-0.3, -0.25) is 4.21 Å². The van der Waals surface area contributed by atoms with E-state index in [0.717, 1.165) is 43.5 Å². The van der Waals surface area contributed by atoms with Gasteiger partial charge in [0.25, 0.3) is 0 Å². The van der Waals surface area contributed by atoms with Gasteiger partial charge >= 0.3 is 0 Å². The van der Waals surface area contributed by atoms with E-state index < -0.39 is 11.3 Å². The van der Waals surface area contributed by atoms with E-state index in [9.17, 15) is 8.76 Å². The molecule has 0 heterocycles. The molecule has 1 fully saturated rings. The monoisotopic (exact) mass is 477 g/mol. The molecule has 0 saturated heterocycles. The fraction of sp³-hybridized carbons (Fsp3) is 0.357. The average molecular weight is 478 g/mol. The third-order valence-corrected chi connectivity index (χ3v) is 7.26. The molecule has 1 saturated carbocycles. The van der Waals surface area contributed by atoms with Gasteiger partial charge in [-0.05, 0) is 67.0 Å². The molecule has 34 heavy (non-hydrogen) atoms. The molecule has 0 radical (unpaired) electrons. The number of hydrogen-bond acceptors (Lipinski definition) is 4. The second-order valence-corrected chi connectivity index (χ2v) is 9.77. The predicted octanol–water partition coefficient (Wildman–Crippen LogP) is 5.11. The molecule has 0 bridgehead atoms. The zero-order chi connectivity index (χ0) is 23.8. The summed E-state index contributed by atoms with van der Waals surface area (Å²) in [6, 6.07) is 27.7. The largest absolute Gasteiger partial charge is 0.760 e. The van der Waals surface area contributed by atoms with Crippen molar-refractivity contribution in [3.05, 3.63) is 90.0 Å². The molecule has 3 aromatic rings. The van der Waals surface area contributed by atoms with Crippen LogP contribution in [-0.2, 0) is 23.2 Å². The van der Waals surface area contributed by atoms with Gasteiger partial charge in [0, 0.05) is 35.8 Å². The Hall–Kier alpha value is -2.51. The first-order valence-electron chi connectivity index (χ1n) is 12.0. The average Bonchev–Trinajstić information content (AvgIpc) is 2.88. The first-order chi connectivity index (χ1) is 16.6. The molecule has 0 aromatic heterocycles. The first-order valence-corrected chi connectivity index (χ1v) is 13.1. The van der Waals surface area contributed by atoms with Crippen LogP contribution in [0.25, 0.3) is 11.1 Å². The fourth-order valence-corrected chi connectivity index (χ4v) is 5.32. The summed E-state index contributed by atoms with van der Waals surface area (Å²) in [5.41, 5.74) is 4.65. The van der Waals surface area contributed by atoms with E-state index in [1.165, 1.54) is 16.7 Å². The summed E-state index contributed by atoms with van der Waals surface area (Å²) in [6.07, 6.45) is 3.82. The summed E-state index contributed by atoms with van der Waals surface area (Å²) in [7, 11) is 0. The maximum Gasteiger partial charge on any atom is 0.119 e. The van der Waals surface area contributed by atoms with Crippen LogP contribution in [0.3, 0.4) is 0 Å². The summed E-state index contributed by atoms with van der Waals surface area (Å²) in [4.78, 5) is 0. The minimum atomic E-state index is -2.28. The standard InChI is InChI=1S/C28H34N2O3S/c1-2-33-27-10-6-9-25(19-27)28(21-30-34(31)32)17-15-26(16-18-28)29-20-22-11-13-24(14-12-22)23-7-4-3-5-8-23/h3-14,19,26,29-30H,2,15-18,20-21H2,1H3,(H,31,32)/p-1. The summed E-state index contributed by atoms with van der Waals surface area (Å²) in [6.45, 7) is 3.82. The van der Waals surface area contributed by atoms with Crippen LogP contribution in [0.4, 0.5) is 0 Å². The van der Waals surface area contributed by atoms with Gasteiger partial charge in [0.2, 0.25) is 0 Å². The zero-order valence-electron chi connectivity index (χ0n) is 19.7. The highest BCUT2D eigenvalue weighted by atomic mass is 32.2. The number of hydrogen-bond donors (Lipinski definition) is 2. The molecule has 6 heteroatoms.